The summed E-state index contributed by atoms with van der Waals surface area (Å²) in [6.45, 7) is 0.660. The summed E-state index contributed by atoms with van der Waals surface area (Å²) in [6, 6.07) is -0.0174. The van der Waals surface area contributed by atoms with E-state index < -0.39 is 0 Å². The van der Waals surface area contributed by atoms with Crippen LogP contribution in [0.15, 0.2) is 0 Å². The SMILES string of the molecule is O=CC1CCC(C=O)NC1. The van der Waals surface area contributed by atoms with Crippen LogP contribution in [0, 0.1) is 5.92 Å². The van der Waals surface area contributed by atoms with Gasteiger partial charge >= 0.3 is 0 Å². The Morgan fingerprint density at radius 3 is 2.40 bits per heavy atom. The molecular weight excluding hydrogens is 130 g/mol. The third kappa shape index (κ3) is 1.64. The van der Waals surface area contributed by atoms with Crippen LogP contribution in [-0.2, 0) is 9.59 Å². The summed E-state index contributed by atoms with van der Waals surface area (Å²) in [4.78, 5) is 20.4. The lowest BCUT2D eigenvalue weighted by atomic mass is 9.97. The summed E-state index contributed by atoms with van der Waals surface area (Å²) in [5.41, 5.74) is 0. The van der Waals surface area contributed by atoms with E-state index in [1.54, 1.807) is 0 Å². The van der Waals surface area contributed by atoms with E-state index in [4.69, 9.17) is 0 Å². The maximum absolute atomic E-state index is 10.2. The predicted molar refractivity (Wildman–Crippen MR) is 36.6 cm³/mol. The summed E-state index contributed by atoms with van der Waals surface area (Å²) >= 11 is 0. The van der Waals surface area contributed by atoms with Gasteiger partial charge in [0.2, 0.25) is 0 Å². The van der Waals surface area contributed by atoms with Gasteiger partial charge in [-0.1, -0.05) is 0 Å². The number of aldehydes is 2. The monoisotopic (exact) mass is 141 g/mol. The quantitative estimate of drug-likeness (QED) is 0.539. The van der Waals surface area contributed by atoms with Crippen LogP contribution in [0.3, 0.4) is 0 Å². The Morgan fingerprint density at radius 2 is 2.00 bits per heavy atom. The fourth-order valence-corrected chi connectivity index (χ4v) is 1.13. The molecule has 0 aromatic rings. The predicted octanol–water partition coefficient (Wildman–Crippen LogP) is -0.248. The van der Waals surface area contributed by atoms with Gasteiger partial charge in [0, 0.05) is 12.5 Å². The second-order valence-corrected chi connectivity index (χ2v) is 2.62. The zero-order chi connectivity index (χ0) is 7.40. The molecule has 1 saturated heterocycles. The van der Waals surface area contributed by atoms with Gasteiger partial charge in [-0.3, -0.25) is 0 Å². The number of carbonyl (C=O) groups excluding carboxylic acids is 2. The van der Waals surface area contributed by atoms with Gasteiger partial charge in [0.1, 0.15) is 12.6 Å². The van der Waals surface area contributed by atoms with Crippen LogP contribution < -0.4 is 5.32 Å². The molecule has 1 aliphatic rings. The largest absolute Gasteiger partial charge is 0.307 e. The molecule has 2 unspecified atom stereocenters. The molecule has 1 aliphatic heterocycles. The molecule has 0 aromatic carbocycles. The molecule has 3 nitrogen and oxygen atoms in total. The van der Waals surface area contributed by atoms with Crippen molar-refractivity contribution in [2.45, 2.75) is 18.9 Å². The number of nitrogens with one attached hydrogen (secondary N) is 1. The van der Waals surface area contributed by atoms with Gasteiger partial charge in [-0.25, -0.2) is 0 Å². The van der Waals surface area contributed by atoms with Crippen LogP contribution in [0.1, 0.15) is 12.8 Å². The molecule has 0 aromatic heterocycles. The smallest absolute Gasteiger partial charge is 0.136 e. The van der Waals surface area contributed by atoms with E-state index in [1.165, 1.54) is 0 Å². The average molecular weight is 141 g/mol. The number of rotatable bonds is 2. The minimum Gasteiger partial charge on any atom is -0.307 e. The molecule has 0 radical (unpaired) electrons. The molecular formula is C7H11NO2. The standard InChI is InChI=1S/C7H11NO2/c9-4-6-1-2-7(5-10)8-3-6/h4-8H,1-3H2. The van der Waals surface area contributed by atoms with Crippen LogP contribution in [0.4, 0.5) is 0 Å². The first-order valence-electron chi connectivity index (χ1n) is 3.51. The molecule has 10 heavy (non-hydrogen) atoms. The van der Waals surface area contributed by atoms with Gasteiger partial charge in [0.25, 0.3) is 0 Å². The summed E-state index contributed by atoms with van der Waals surface area (Å²) in [6.07, 6.45) is 3.50. The van der Waals surface area contributed by atoms with Crippen LogP contribution in [0.2, 0.25) is 0 Å². The topological polar surface area (TPSA) is 46.2 Å². The molecule has 0 aliphatic carbocycles. The van der Waals surface area contributed by atoms with E-state index >= 15 is 0 Å². The molecule has 3 heteroatoms. The van der Waals surface area contributed by atoms with Gasteiger partial charge in [-0.15, -0.1) is 0 Å². The van der Waals surface area contributed by atoms with Crippen LogP contribution in [-0.4, -0.2) is 25.2 Å². The van der Waals surface area contributed by atoms with Crippen molar-refractivity contribution >= 4 is 12.6 Å². The van der Waals surface area contributed by atoms with Gasteiger partial charge in [-0.2, -0.15) is 0 Å². The highest BCUT2D eigenvalue weighted by Crippen LogP contribution is 2.10. The van der Waals surface area contributed by atoms with E-state index in [1.807, 2.05) is 0 Å². The third-order valence-electron chi connectivity index (χ3n) is 1.85. The van der Waals surface area contributed by atoms with Gasteiger partial charge in [0.05, 0.1) is 6.04 Å². The minimum atomic E-state index is -0.0174. The zero-order valence-electron chi connectivity index (χ0n) is 5.75. The highest BCUT2D eigenvalue weighted by atomic mass is 16.1. The Bertz CT molecular complexity index is 112. The average Bonchev–Trinajstić information content (AvgIpc) is 2.05. The fraction of sp³-hybridized carbons (Fsp3) is 0.714. The Morgan fingerprint density at radius 1 is 1.20 bits per heavy atom. The van der Waals surface area contributed by atoms with Crippen molar-refractivity contribution in [1.29, 1.82) is 0 Å². The molecule has 0 spiro atoms. The molecule has 1 fully saturated rings. The number of hydrogen-bond acceptors (Lipinski definition) is 3. The minimum absolute atomic E-state index is 0.0174. The Hall–Kier alpha value is -0.700. The summed E-state index contributed by atoms with van der Waals surface area (Å²) in [5, 5.41) is 2.97. The first-order chi connectivity index (χ1) is 4.86. The van der Waals surface area contributed by atoms with Crippen molar-refractivity contribution in [1.82, 2.24) is 5.32 Å². The zero-order valence-corrected chi connectivity index (χ0v) is 5.75. The summed E-state index contributed by atoms with van der Waals surface area (Å²) < 4.78 is 0. The highest BCUT2D eigenvalue weighted by molar-refractivity contribution is 5.59. The highest BCUT2D eigenvalue weighted by Gasteiger charge is 2.18. The lowest BCUT2D eigenvalue weighted by Gasteiger charge is -2.22. The molecule has 0 bridgehead atoms. The lowest BCUT2D eigenvalue weighted by molar-refractivity contribution is -0.114. The summed E-state index contributed by atoms with van der Waals surface area (Å²) in [5.74, 6) is 0.121. The normalized spacial score (nSPS) is 33.2. The maximum atomic E-state index is 10.2. The third-order valence-corrected chi connectivity index (χ3v) is 1.85. The molecule has 0 saturated carbocycles. The van der Waals surface area contributed by atoms with Crippen molar-refractivity contribution in [2.75, 3.05) is 6.54 Å². The number of hydrogen-bond donors (Lipinski definition) is 1. The second kappa shape index (κ2) is 3.46. The first kappa shape index (κ1) is 7.41. The lowest BCUT2D eigenvalue weighted by Crippen LogP contribution is -2.40. The number of piperidine rings is 1. The molecule has 1 heterocycles. The van der Waals surface area contributed by atoms with Crippen LogP contribution >= 0.6 is 0 Å². The Balaban J connectivity index is 2.30. The molecule has 2 atom stereocenters. The van der Waals surface area contributed by atoms with Crippen molar-refractivity contribution in [3.05, 3.63) is 0 Å². The maximum Gasteiger partial charge on any atom is 0.136 e. The molecule has 0 amide bonds. The van der Waals surface area contributed by atoms with Gasteiger partial charge in [0.15, 0.2) is 0 Å². The first-order valence-corrected chi connectivity index (χ1v) is 3.51. The van der Waals surface area contributed by atoms with Crippen LogP contribution in [0.5, 0.6) is 0 Å². The van der Waals surface area contributed by atoms with Crippen LogP contribution in [0.25, 0.3) is 0 Å². The van der Waals surface area contributed by atoms with Gasteiger partial charge in [-0.05, 0) is 12.8 Å². The van der Waals surface area contributed by atoms with Gasteiger partial charge < -0.3 is 14.9 Å². The van der Waals surface area contributed by atoms with E-state index in [2.05, 4.69) is 5.32 Å². The van der Waals surface area contributed by atoms with Crippen molar-refractivity contribution < 1.29 is 9.59 Å². The molecule has 1 rings (SSSR count). The van der Waals surface area contributed by atoms with Crippen molar-refractivity contribution in [3.8, 4) is 0 Å². The summed E-state index contributed by atoms with van der Waals surface area (Å²) in [7, 11) is 0. The van der Waals surface area contributed by atoms with Crippen molar-refractivity contribution in [3.63, 3.8) is 0 Å². The Labute approximate surface area is 59.8 Å². The van der Waals surface area contributed by atoms with E-state index in [-0.39, 0.29) is 12.0 Å². The molecule has 1 N–H and O–H groups in total. The van der Waals surface area contributed by atoms with E-state index in [0.29, 0.717) is 6.54 Å². The van der Waals surface area contributed by atoms with Crippen molar-refractivity contribution in [2.24, 2.45) is 5.92 Å². The fourth-order valence-electron chi connectivity index (χ4n) is 1.13. The van der Waals surface area contributed by atoms with E-state index in [0.717, 1.165) is 25.4 Å². The number of carbonyl (C=O) groups is 2. The second-order valence-electron chi connectivity index (χ2n) is 2.62. The van der Waals surface area contributed by atoms with E-state index in [9.17, 15) is 9.59 Å². The Kier molecular flexibility index (Phi) is 2.57. The molecule has 56 valence electrons.